The monoisotopic (exact) mass is 210 g/mol. The van der Waals surface area contributed by atoms with Crippen molar-refractivity contribution < 1.29 is 10.2 Å². The highest BCUT2D eigenvalue weighted by Crippen LogP contribution is 2.36. The summed E-state index contributed by atoms with van der Waals surface area (Å²) in [7, 11) is 0. The lowest BCUT2D eigenvalue weighted by Crippen LogP contribution is -2.30. The maximum atomic E-state index is 10.3. The molecule has 2 nitrogen and oxygen atoms in total. The summed E-state index contributed by atoms with van der Waals surface area (Å²) in [6.07, 6.45) is 1.62. The molecule has 0 amide bonds. The Hall–Kier alpha value is -0.670. The predicted octanol–water partition coefficient (Wildman–Crippen LogP) is 2.11. The molecule has 1 saturated heterocycles. The van der Waals surface area contributed by atoms with E-state index in [4.69, 9.17) is 5.11 Å². The van der Waals surface area contributed by atoms with Crippen molar-refractivity contribution >= 4 is 11.8 Å². The van der Waals surface area contributed by atoms with Crippen LogP contribution < -0.4 is 0 Å². The summed E-state index contributed by atoms with van der Waals surface area (Å²) in [5, 5.41) is 19.5. The zero-order chi connectivity index (χ0) is 10.0. The van der Waals surface area contributed by atoms with E-state index in [-0.39, 0.29) is 5.75 Å². The van der Waals surface area contributed by atoms with Crippen LogP contribution in [0.25, 0.3) is 0 Å². The Balaban J connectivity index is 2.23. The second-order valence-corrected chi connectivity index (χ2v) is 4.92. The van der Waals surface area contributed by atoms with Crippen molar-refractivity contribution in [2.45, 2.75) is 18.4 Å². The molecule has 1 aliphatic heterocycles. The summed E-state index contributed by atoms with van der Waals surface area (Å²) in [6.45, 7) is 0. The van der Waals surface area contributed by atoms with Crippen LogP contribution in [0.1, 0.15) is 18.4 Å². The highest BCUT2D eigenvalue weighted by molar-refractivity contribution is 7.99. The molecular formula is C11H14O2S. The first-order chi connectivity index (χ1) is 6.71. The number of phenols is 1. The van der Waals surface area contributed by atoms with Gasteiger partial charge in [-0.05, 0) is 42.0 Å². The van der Waals surface area contributed by atoms with Gasteiger partial charge in [-0.25, -0.2) is 0 Å². The van der Waals surface area contributed by atoms with Crippen LogP contribution in [-0.4, -0.2) is 21.7 Å². The Bertz CT molecular complexity index is 302. The molecule has 0 aromatic heterocycles. The largest absolute Gasteiger partial charge is 0.508 e. The van der Waals surface area contributed by atoms with Crippen LogP contribution in [0.3, 0.4) is 0 Å². The molecular weight excluding hydrogens is 196 g/mol. The Morgan fingerprint density at radius 2 is 1.64 bits per heavy atom. The average molecular weight is 210 g/mol. The minimum absolute atomic E-state index is 0.252. The smallest absolute Gasteiger partial charge is 0.115 e. The van der Waals surface area contributed by atoms with E-state index in [1.54, 1.807) is 12.1 Å². The fraction of sp³-hybridized carbons (Fsp3) is 0.455. The van der Waals surface area contributed by atoms with Gasteiger partial charge < -0.3 is 10.2 Å². The fourth-order valence-corrected chi connectivity index (χ4v) is 2.94. The third kappa shape index (κ3) is 1.88. The summed E-state index contributed by atoms with van der Waals surface area (Å²) < 4.78 is 0. The van der Waals surface area contributed by atoms with Gasteiger partial charge in [-0.2, -0.15) is 11.8 Å². The van der Waals surface area contributed by atoms with Crippen LogP contribution in [0.2, 0.25) is 0 Å². The van der Waals surface area contributed by atoms with E-state index in [0.717, 1.165) is 29.9 Å². The van der Waals surface area contributed by atoms with Gasteiger partial charge in [0, 0.05) is 0 Å². The van der Waals surface area contributed by atoms with Crippen LogP contribution in [0.15, 0.2) is 24.3 Å². The highest BCUT2D eigenvalue weighted by atomic mass is 32.2. The van der Waals surface area contributed by atoms with E-state index in [1.807, 2.05) is 23.9 Å². The minimum atomic E-state index is -0.668. The van der Waals surface area contributed by atoms with Gasteiger partial charge in [0.2, 0.25) is 0 Å². The molecule has 0 bridgehead atoms. The van der Waals surface area contributed by atoms with Crippen molar-refractivity contribution in [3.05, 3.63) is 29.8 Å². The quantitative estimate of drug-likeness (QED) is 0.746. The van der Waals surface area contributed by atoms with Crippen LogP contribution in [-0.2, 0) is 5.60 Å². The Morgan fingerprint density at radius 1 is 1.07 bits per heavy atom. The Labute approximate surface area is 88.0 Å². The lowest BCUT2D eigenvalue weighted by atomic mass is 9.88. The van der Waals surface area contributed by atoms with E-state index in [9.17, 15) is 5.11 Å². The molecule has 0 atom stereocenters. The SMILES string of the molecule is Oc1ccc(C2(O)CCSCC2)cc1. The maximum Gasteiger partial charge on any atom is 0.115 e. The highest BCUT2D eigenvalue weighted by Gasteiger charge is 2.31. The molecule has 2 N–H and O–H groups in total. The van der Waals surface area contributed by atoms with Crippen LogP contribution in [0.5, 0.6) is 5.75 Å². The van der Waals surface area contributed by atoms with Gasteiger partial charge in [0.05, 0.1) is 5.60 Å². The zero-order valence-electron chi connectivity index (χ0n) is 7.94. The first kappa shape index (κ1) is 9.87. The molecule has 1 aromatic carbocycles. The van der Waals surface area contributed by atoms with Gasteiger partial charge in [0.25, 0.3) is 0 Å². The number of benzene rings is 1. The van der Waals surface area contributed by atoms with Gasteiger partial charge in [0.1, 0.15) is 5.75 Å². The Morgan fingerprint density at radius 3 is 2.21 bits per heavy atom. The first-order valence-corrected chi connectivity index (χ1v) is 5.96. The van der Waals surface area contributed by atoms with Crippen LogP contribution in [0, 0.1) is 0 Å². The molecule has 0 unspecified atom stereocenters. The molecule has 0 spiro atoms. The van der Waals surface area contributed by atoms with Crippen LogP contribution in [0.4, 0.5) is 0 Å². The van der Waals surface area contributed by atoms with E-state index < -0.39 is 5.60 Å². The number of aliphatic hydroxyl groups is 1. The van der Waals surface area contributed by atoms with Gasteiger partial charge >= 0.3 is 0 Å². The van der Waals surface area contributed by atoms with Crippen molar-refractivity contribution in [1.82, 2.24) is 0 Å². The Kier molecular flexibility index (Phi) is 2.70. The molecule has 0 aliphatic carbocycles. The van der Waals surface area contributed by atoms with Gasteiger partial charge in [0.15, 0.2) is 0 Å². The lowest BCUT2D eigenvalue weighted by molar-refractivity contribution is 0.0280. The number of phenolic OH excluding ortho intramolecular Hbond substituents is 1. The fourth-order valence-electron chi connectivity index (χ4n) is 1.77. The maximum absolute atomic E-state index is 10.3. The molecule has 2 rings (SSSR count). The van der Waals surface area contributed by atoms with E-state index >= 15 is 0 Å². The summed E-state index contributed by atoms with van der Waals surface area (Å²) in [5.41, 5.74) is 0.259. The summed E-state index contributed by atoms with van der Waals surface area (Å²) in [6, 6.07) is 6.89. The van der Waals surface area contributed by atoms with Crippen molar-refractivity contribution in [2.75, 3.05) is 11.5 Å². The van der Waals surface area contributed by atoms with Crippen molar-refractivity contribution in [3.63, 3.8) is 0 Å². The molecule has 0 radical (unpaired) electrons. The topological polar surface area (TPSA) is 40.5 Å². The normalized spacial score (nSPS) is 20.6. The molecule has 14 heavy (non-hydrogen) atoms. The van der Waals surface area contributed by atoms with E-state index in [1.165, 1.54) is 0 Å². The first-order valence-electron chi connectivity index (χ1n) is 4.80. The van der Waals surface area contributed by atoms with Gasteiger partial charge in [-0.3, -0.25) is 0 Å². The van der Waals surface area contributed by atoms with Gasteiger partial charge in [-0.15, -0.1) is 0 Å². The second-order valence-electron chi connectivity index (χ2n) is 3.69. The molecule has 3 heteroatoms. The molecule has 1 aliphatic rings. The summed E-state index contributed by atoms with van der Waals surface area (Å²) in [5.74, 6) is 2.27. The number of thioether (sulfide) groups is 1. The molecule has 1 heterocycles. The predicted molar refractivity (Wildman–Crippen MR) is 58.6 cm³/mol. The van der Waals surface area contributed by atoms with Crippen molar-refractivity contribution in [2.24, 2.45) is 0 Å². The number of hydrogen-bond donors (Lipinski definition) is 2. The third-order valence-corrected chi connectivity index (χ3v) is 3.71. The summed E-state index contributed by atoms with van der Waals surface area (Å²) >= 11 is 1.89. The second kappa shape index (κ2) is 3.83. The molecule has 1 aromatic rings. The van der Waals surface area contributed by atoms with E-state index in [0.29, 0.717) is 0 Å². The van der Waals surface area contributed by atoms with Crippen molar-refractivity contribution in [3.8, 4) is 5.75 Å². The van der Waals surface area contributed by atoms with Crippen molar-refractivity contribution in [1.29, 1.82) is 0 Å². The zero-order valence-corrected chi connectivity index (χ0v) is 8.76. The average Bonchev–Trinajstić information content (AvgIpc) is 2.19. The van der Waals surface area contributed by atoms with E-state index in [2.05, 4.69) is 0 Å². The molecule has 76 valence electrons. The third-order valence-electron chi connectivity index (χ3n) is 2.72. The summed E-state index contributed by atoms with van der Waals surface area (Å²) in [4.78, 5) is 0. The van der Waals surface area contributed by atoms with Crippen LogP contribution >= 0.6 is 11.8 Å². The standard InChI is InChI=1S/C11H14O2S/c12-10-3-1-9(2-4-10)11(13)5-7-14-8-6-11/h1-4,12-13H,5-8H2. The number of aromatic hydroxyl groups is 1. The molecule has 1 fully saturated rings. The van der Waals surface area contributed by atoms with Gasteiger partial charge in [-0.1, -0.05) is 12.1 Å². The number of hydrogen-bond acceptors (Lipinski definition) is 3. The molecule has 0 saturated carbocycles. The lowest BCUT2D eigenvalue weighted by Gasteiger charge is -2.32. The minimum Gasteiger partial charge on any atom is -0.508 e. The number of rotatable bonds is 1.